The molecule has 0 aliphatic heterocycles. The molecule has 1 aromatic carbocycles. The zero-order valence-corrected chi connectivity index (χ0v) is 17.3. The Morgan fingerprint density at radius 2 is 2.06 bits per heavy atom. The van der Waals surface area contributed by atoms with Gasteiger partial charge >= 0.3 is 0 Å². The molecule has 4 heterocycles. The van der Waals surface area contributed by atoms with Gasteiger partial charge in [0.05, 0.1) is 23.3 Å². The van der Waals surface area contributed by atoms with Gasteiger partial charge in [0.25, 0.3) is 5.91 Å². The van der Waals surface area contributed by atoms with Crippen molar-refractivity contribution < 1.29 is 9.18 Å². The van der Waals surface area contributed by atoms with Gasteiger partial charge in [-0.1, -0.05) is 24.3 Å². The highest BCUT2D eigenvalue weighted by Crippen LogP contribution is 2.25. The first-order chi connectivity index (χ1) is 15.1. The lowest BCUT2D eigenvalue weighted by Crippen LogP contribution is -2.13. The number of anilines is 1. The van der Waals surface area contributed by atoms with Gasteiger partial charge in [-0.3, -0.25) is 9.48 Å². The molecule has 0 radical (unpaired) electrons. The number of hydrogen-bond acceptors (Lipinski definition) is 5. The number of nitrogens with one attached hydrogen (secondary N) is 1. The maximum Gasteiger partial charge on any atom is 0.262 e. The minimum absolute atomic E-state index is 0.275. The van der Waals surface area contributed by atoms with Crippen LogP contribution in [0.15, 0.2) is 66.3 Å². The quantitative estimate of drug-likeness (QED) is 0.447. The van der Waals surface area contributed by atoms with Gasteiger partial charge < -0.3 is 5.32 Å². The van der Waals surface area contributed by atoms with Crippen LogP contribution in [0.25, 0.3) is 16.2 Å². The SMILES string of the molecule is Cc1cc(NC(=O)c2cnn3c(-c4cccs4)ccnc23)nn1Cc1ccccc1F. The monoisotopic (exact) mass is 432 g/mol. The Kier molecular flexibility index (Phi) is 4.79. The summed E-state index contributed by atoms with van der Waals surface area (Å²) in [5.74, 6) is -0.268. The molecule has 0 unspecified atom stereocenters. The normalized spacial score (nSPS) is 11.2. The number of carbonyl (C=O) groups excluding carboxylic acids is 1. The van der Waals surface area contributed by atoms with Crippen molar-refractivity contribution in [3.8, 4) is 10.6 Å². The van der Waals surface area contributed by atoms with Crippen molar-refractivity contribution in [3.63, 3.8) is 0 Å². The van der Waals surface area contributed by atoms with Crippen LogP contribution in [0.3, 0.4) is 0 Å². The van der Waals surface area contributed by atoms with Crippen LogP contribution in [-0.2, 0) is 6.54 Å². The van der Waals surface area contributed by atoms with Gasteiger partial charge in [0, 0.05) is 23.5 Å². The first-order valence-corrected chi connectivity index (χ1v) is 10.4. The number of amides is 1. The fourth-order valence-corrected chi connectivity index (χ4v) is 4.10. The van der Waals surface area contributed by atoms with Crippen molar-refractivity contribution in [1.29, 1.82) is 0 Å². The Morgan fingerprint density at radius 3 is 2.87 bits per heavy atom. The van der Waals surface area contributed by atoms with E-state index in [0.29, 0.717) is 22.6 Å². The minimum atomic E-state index is -0.360. The van der Waals surface area contributed by atoms with E-state index in [0.717, 1.165) is 16.3 Å². The van der Waals surface area contributed by atoms with E-state index in [2.05, 4.69) is 20.5 Å². The third kappa shape index (κ3) is 3.59. The predicted octanol–water partition coefficient (Wildman–Crippen LogP) is 4.40. The number of benzene rings is 1. The van der Waals surface area contributed by atoms with E-state index in [9.17, 15) is 9.18 Å². The van der Waals surface area contributed by atoms with Gasteiger partial charge in [-0.25, -0.2) is 13.9 Å². The summed E-state index contributed by atoms with van der Waals surface area (Å²) in [6.45, 7) is 2.13. The largest absolute Gasteiger partial charge is 0.305 e. The second-order valence-corrected chi connectivity index (χ2v) is 7.92. The highest BCUT2D eigenvalue weighted by atomic mass is 32.1. The van der Waals surface area contributed by atoms with Gasteiger partial charge in [-0.15, -0.1) is 11.3 Å². The standard InChI is InChI=1S/C22H17FN6OS/c1-14-11-20(27-28(14)13-15-5-2-3-6-17(15)23)26-22(30)16-12-25-29-18(8-9-24-21(16)29)19-7-4-10-31-19/h2-12H,13H2,1H3,(H,26,27,30). The number of rotatable bonds is 5. The van der Waals surface area contributed by atoms with Crippen LogP contribution in [0.4, 0.5) is 10.2 Å². The van der Waals surface area contributed by atoms with Crippen LogP contribution >= 0.6 is 11.3 Å². The molecule has 7 nitrogen and oxygen atoms in total. The van der Waals surface area contributed by atoms with Crippen molar-refractivity contribution >= 4 is 28.7 Å². The average molecular weight is 432 g/mol. The molecule has 0 aliphatic carbocycles. The van der Waals surface area contributed by atoms with E-state index < -0.39 is 0 Å². The molecule has 1 amide bonds. The van der Waals surface area contributed by atoms with E-state index in [4.69, 9.17) is 0 Å². The van der Waals surface area contributed by atoms with E-state index >= 15 is 0 Å². The highest BCUT2D eigenvalue weighted by molar-refractivity contribution is 7.13. The molecule has 154 valence electrons. The number of thiophene rings is 1. The molecule has 4 aromatic heterocycles. The van der Waals surface area contributed by atoms with Crippen molar-refractivity contribution in [3.05, 3.63) is 88.9 Å². The molecule has 9 heteroatoms. The molecule has 0 spiro atoms. The van der Waals surface area contributed by atoms with E-state index in [1.165, 1.54) is 12.3 Å². The molecule has 0 saturated carbocycles. The molecule has 5 aromatic rings. The maximum atomic E-state index is 14.0. The number of nitrogens with zero attached hydrogens (tertiary/aromatic N) is 5. The summed E-state index contributed by atoms with van der Waals surface area (Å²) < 4.78 is 17.3. The summed E-state index contributed by atoms with van der Waals surface area (Å²) in [6, 6.07) is 14.1. The Morgan fingerprint density at radius 1 is 1.19 bits per heavy atom. The van der Waals surface area contributed by atoms with Gasteiger partial charge in [0.1, 0.15) is 11.4 Å². The Balaban J connectivity index is 1.40. The van der Waals surface area contributed by atoms with E-state index in [1.54, 1.807) is 51.0 Å². The van der Waals surface area contributed by atoms with E-state index in [-0.39, 0.29) is 18.3 Å². The predicted molar refractivity (Wildman–Crippen MR) is 117 cm³/mol. The van der Waals surface area contributed by atoms with Crippen molar-refractivity contribution in [2.45, 2.75) is 13.5 Å². The van der Waals surface area contributed by atoms with Crippen molar-refractivity contribution in [2.24, 2.45) is 0 Å². The number of hydrogen-bond donors (Lipinski definition) is 1. The summed E-state index contributed by atoms with van der Waals surface area (Å²) in [4.78, 5) is 18.3. The molecule has 0 bridgehead atoms. The van der Waals surface area contributed by atoms with Gasteiger partial charge in [-0.2, -0.15) is 10.2 Å². The molecular weight excluding hydrogens is 415 g/mol. The molecule has 31 heavy (non-hydrogen) atoms. The second-order valence-electron chi connectivity index (χ2n) is 6.98. The zero-order chi connectivity index (χ0) is 21.4. The van der Waals surface area contributed by atoms with E-state index in [1.807, 2.05) is 30.5 Å². The Hall–Kier alpha value is -3.85. The molecule has 0 atom stereocenters. The van der Waals surface area contributed by atoms with Crippen molar-refractivity contribution in [2.75, 3.05) is 5.32 Å². The summed E-state index contributed by atoms with van der Waals surface area (Å²) >= 11 is 1.59. The van der Waals surface area contributed by atoms with Gasteiger partial charge in [0.15, 0.2) is 11.5 Å². The van der Waals surface area contributed by atoms with Crippen LogP contribution < -0.4 is 5.32 Å². The third-order valence-corrected chi connectivity index (χ3v) is 5.81. The first-order valence-electron chi connectivity index (χ1n) is 9.56. The summed E-state index contributed by atoms with van der Waals surface area (Å²) in [7, 11) is 0. The van der Waals surface area contributed by atoms with Crippen LogP contribution in [0.1, 0.15) is 21.6 Å². The summed E-state index contributed by atoms with van der Waals surface area (Å²) in [5.41, 5.74) is 3.01. The topological polar surface area (TPSA) is 77.1 Å². The number of aryl methyl sites for hydroxylation is 1. The third-order valence-electron chi connectivity index (χ3n) is 4.92. The molecule has 1 N–H and O–H groups in total. The van der Waals surface area contributed by atoms with Crippen molar-refractivity contribution in [1.82, 2.24) is 24.4 Å². The number of aromatic nitrogens is 5. The molecular formula is C22H17FN6OS. The number of carbonyl (C=O) groups is 1. The lowest BCUT2D eigenvalue weighted by atomic mass is 10.2. The van der Waals surface area contributed by atoms with Crippen LogP contribution in [0.2, 0.25) is 0 Å². The first kappa shape index (κ1) is 19.1. The molecule has 5 rings (SSSR count). The highest BCUT2D eigenvalue weighted by Gasteiger charge is 2.18. The minimum Gasteiger partial charge on any atom is -0.305 e. The fourth-order valence-electron chi connectivity index (χ4n) is 3.37. The van der Waals surface area contributed by atoms with Crippen LogP contribution in [0.5, 0.6) is 0 Å². The lowest BCUT2D eigenvalue weighted by molar-refractivity contribution is 0.102. The van der Waals surface area contributed by atoms with Crippen LogP contribution in [0, 0.1) is 12.7 Å². The summed E-state index contributed by atoms with van der Waals surface area (Å²) in [6.07, 6.45) is 3.16. The maximum absolute atomic E-state index is 14.0. The average Bonchev–Trinajstić information content (AvgIpc) is 3.50. The van der Waals surface area contributed by atoms with Gasteiger partial charge in [-0.05, 0) is 30.5 Å². The second kappa shape index (κ2) is 7.77. The zero-order valence-electron chi connectivity index (χ0n) is 16.5. The summed E-state index contributed by atoms with van der Waals surface area (Å²) in [5, 5.41) is 13.5. The molecule has 0 aliphatic rings. The molecule has 0 saturated heterocycles. The van der Waals surface area contributed by atoms with Crippen LogP contribution in [-0.4, -0.2) is 30.3 Å². The lowest BCUT2D eigenvalue weighted by Gasteiger charge is -2.05. The smallest absolute Gasteiger partial charge is 0.262 e. The Labute approximate surface area is 180 Å². The Bertz CT molecular complexity index is 1390. The van der Waals surface area contributed by atoms with Gasteiger partial charge in [0.2, 0.25) is 0 Å². The fraction of sp³-hybridized carbons (Fsp3) is 0.0909. The molecule has 0 fully saturated rings. The number of halogens is 1. The number of fused-ring (bicyclic) bond motifs is 1.